The lowest BCUT2D eigenvalue weighted by Gasteiger charge is -2.24. The summed E-state index contributed by atoms with van der Waals surface area (Å²) >= 11 is 6.23. The van der Waals surface area contributed by atoms with Crippen molar-refractivity contribution in [3.8, 4) is 5.75 Å². The Morgan fingerprint density at radius 1 is 1.64 bits per heavy atom. The Morgan fingerprint density at radius 3 is 3.05 bits per heavy atom. The van der Waals surface area contributed by atoms with Crippen LogP contribution in [0.15, 0.2) is 23.4 Å². The van der Waals surface area contributed by atoms with Crippen LogP contribution in [0.4, 0.5) is 4.39 Å². The summed E-state index contributed by atoms with van der Waals surface area (Å²) < 4.78 is 25.1. The van der Waals surface area contributed by atoms with E-state index in [2.05, 4.69) is 17.4 Å². The summed E-state index contributed by atoms with van der Waals surface area (Å²) in [7, 11) is 0. The summed E-state index contributed by atoms with van der Waals surface area (Å²) in [6.45, 7) is 2.23. The van der Waals surface area contributed by atoms with Crippen molar-refractivity contribution in [2.75, 3.05) is 13.2 Å². The van der Waals surface area contributed by atoms with E-state index >= 15 is 0 Å². The summed E-state index contributed by atoms with van der Waals surface area (Å²) in [5.41, 5.74) is 1.27. The Hall–Kier alpha value is -1.29. The molecule has 22 heavy (non-hydrogen) atoms. The van der Waals surface area contributed by atoms with E-state index in [9.17, 15) is 9.18 Å². The maximum atomic E-state index is 13.1. The molecule has 2 aliphatic heterocycles. The van der Waals surface area contributed by atoms with Crippen LogP contribution in [-0.4, -0.2) is 34.4 Å². The lowest BCUT2D eigenvalue weighted by Crippen LogP contribution is -2.39. The van der Waals surface area contributed by atoms with Crippen LogP contribution in [0, 0.1) is 11.7 Å². The number of halogens is 2. The van der Waals surface area contributed by atoms with Crippen molar-refractivity contribution in [3.05, 3.63) is 29.6 Å². The van der Waals surface area contributed by atoms with Crippen molar-refractivity contribution in [1.29, 1.82) is 0 Å². The number of hydrogen-bond acceptors (Lipinski definition) is 6. The molecule has 1 aromatic rings. The molecule has 2 heterocycles. The summed E-state index contributed by atoms with van der Waals surface area (Å²) in [6, 6.07) is 4.20. The van der Waals surface area contributed by atoms with Gasteiger partial charge < -0.3 is 14.3 Å². The van der Waals surface area contributed by atoms with Crippen molar-refractivity contribution >= 4 is 49.9 Å². The second-order valence-corrected chi connectivity index (χ2v) is 6.11. The van der Waals surface area contributed by atoms with Crippen molar-refractivity contribution in [1.82, 2.24) is 0 Å². The van der Waals surface area contributed by atoms with Gasteiger partial charge in [-0.05, 0) is 41.6 Å². The number of carbonyl (C=O) groups excluding carboxylic acids is 1. The molecule has 2 atom stereocenters. The van der Waals surface area contributed by atoms with Gasteiger partial charge in [0.05, 0.1) is 12.5 Å². The summed E-state index contributed by atoms with van der Waals surface area (Å²) in [5.74, 6) is -0.723. The van der Waals surface area contributed by atoms with Gasteiger partial charge in [-0.1, -0.05) is 17.4 Å². The first kappa shape index (κ1) is 17.1. The molecule has 5 nitrogen and oxygen atoms in total. The molecule has 0 fully saturated rings. The molecular formula is C14H13FINO4S. The highest BCUT2D eigenvalue weighted by Gasteiger charge is 2.44. The van der Waals surface area contributed by atoms with Crippen LogP contribution in [0.5, 0.6) is 5.75 Å². The fraction of sp³-hybridized carbons (Fsp3) is 0.357. The Kier molecular flexibility index (Phi) is 6.07. The number of fused-ring (bicyclic) bond motifs is 3. The van der Waals surface area contributed by atoms with Gasteiger partial charge in [0.1, 0.15) is 23.9 Å². The van der Waals surface area contributed by atoms with Crippen LogP contribution in [0.1, 0.15) is 12.5 Å². The predicted octanol–water partition coefficient (Wildman–Crippen LogP) is 2.88. The molecule has 2 aliphatic rings. The predicted molar refractivity (Wildman–Crippen MR) is 91.1 cm³/mol. The summed E-state index contributed by atoms with van der Waals surface area (Å²) in [5, 5.41) is 3.93. The Labute approximate surface area is 145 Å². The molecule has 0 aromatic heterocycles. The number of nitrogens with zero attached hydrogens (tertiary/aromatic N) is 1. The highest BCUT2D eigenvalue weighted by Crippen LogP contribution is 2.34. The highest BCUT2D eigenvalue weighted by molar-refractivity contribution is 14.1. The first-order chi connectivity index (χ1) is 10.6. The number of oxime groups is 1. The van der Waals surface area contributed by atoms with E-state index in [0.29, 0.717) is 17.0 Å². The van der Waals surface area contributed by atoms with Crippen molar-refractivity contribution in [3.63, 3.8) is 0 Å². The molecule has 118 valence electrons. The van der Waals surface area contributed by atoms with Gasteiger partial charge in [-0.25, -0.2) is 9.18 Å². The molecule has 0 spiro atoms. The summed E-state index contributed by atoms with van der Waals surface area (Å²) in [4.78, 5) is 16.9. The van der Waals surface area contributed by atoms with E-state index in [0.717, 1.165) is 0 Å². The lowest BCUT2D eigenvalue weighted by molar-refractivity contribution is -0.157. The number of hydrogen-bond donors (Lipinski definition) is 0. The number of rotatable bonds is 2. The van der Waals surface area contributed by atoms with Gasteiger partial charge in [-0.15, -0.1) is 0 Å². The van der Waals surface area contributed by atoms with Crippen LogP contribution in [0.3, 0.4) is 0 Å². The van der Waals surface area contributed by atoms with E-state index < -0.39 is 12.1 Å². The van der Waals surface area contributed by atoms with Gasteiger partial charge in [-0.2, -0.15) is 0 Å². The maximum absolute atomic E-state index is 13.1. The van der Waals surface area contributed by atoms with E-state index in [1.165, 1.54) is 12.1 Å². The second-order valence-electron chi connectivity index (χ2n) is 4.40. The van der Waals surface area contributed by atoms with Gasteiger partial charge in [0.2, 0.25) is 6.10 Å². The SMILES string of the molecule is CCOC(=O)C1ON=C2c3ccc(F)cc3OCC21.S=CI. The molecule has 0 aliphatic carbocycles. The zero-order chi connectivity index (χ0) is 16.1. The van der Waals surface area contributed by atoms with E-state index in [-0.39, 0.29) is 24.9 Å². The molecule has 0 amide bonds. The van der Waals surface area contributed by atoms with Gasteiger partial charge in [0.15, 0.2) is 0 Å². The number of ether oxygens (including phenoxy) is 2. The Morgan fingerprint density at radius 2 is 2.36 bits per heavy atom. The zero-order valence-corrected chi connectivity index (χ0v) is 14.6. The molecule has 0 saturated heterocycles. The van der Waals surface area contributed by atoms with Crippen molar-refractivity contribution in [2.45, 2.75) is 13.0 Å². The van der Waals surface area contributed by atoms with Crippen LogP contribution in [0.25, 0.3) is 0 Å². The number of carbonyl (C=O) groups is 1. The van der Waals surface area contributed by atoms with E-state index in [4.69, 9.17) is 14.3 Å². The third kappa shape index (κ3) is 3.54. The first-order valence-corrected chi connectivity index (χ1v) is 8.21. The molecule has 2 unspecified atom stereocenters. The molecular weight excluding hydrogens is 424 g/mol. The molecule has 0 N–H and O–H groups in total. The van der Waals surface area contributed by atoms with Crippen molar-refractivity contribution in [2.24, 2.45) is 11.1 Å². The first-order valence-electron chi connectivity index (χ1n) is 6.49. The van der Waals surface area contributed by atoms with Crippen LogP contribution < -0.4 is 4.74 Å². The minimum Gasteiger partial charge on any atom is -0.492 e. The Balaban J connectivity index is 0.000000545. The average Bonchev–Trinajstić information content (AvgIpc) is 2.92. The van der Waals surface area contributed by atoms with Gasteiger partial charge in [0, 0.05) is 15.0 Å². The van der Waals surface area contributed by atoms with Crippen LogP contribution in [0.2, 0.25) is 0 Å². The average molecular weight is 437 g/mol. The highest BCUT2D eigenvalue weighted by atomic mass is 127. The lowest BCUT2D eigenvalue weighted by atomic mass is 9.90. The number of benzene rings is 1. The third-order valence-corrected chi connectivity index (χ3v) is 3.14. The van der Waals surface area contributed by atoms with Crippen molar-refractivity contribution < 1.29 is 23.5 Å². The molecule has 1 aromatic carbocycles. The molecule has 0 radical (unpaired) electrons. The fourth-order valence-corrected chi connectivity index (χ4v) is 2.25. The minimum absolute atomic E-state index is 0.221. The maximum Gasteiger partial charge on any atom is 0.351 e. The molecule has 8 heteroatoms. The van der Waals surface area contributed by atoms with E-state index in [1.807, 2.05) is 22.6 Å². The topological polar surface area (TPSA) is 57.1 Å². The molecule has 3 rings (SSSR count). The monoisotopic (exact) mass is 437 g/mol. The number of esters is 1. The van der Waals surface area contributed by atoms with Gasteiger partial charge in [0.25, 0.3) is 0 Å². The normalized spacial score (nSPS) is 21.0. The second kappa shape index (κ2) is 7.82. The standard InChI is InChI=1S/C13H12FNO4.CHIS/c1-2-17-13(16)12-9-6-18-10-5-7(14)3-4-8(10)11(9)15-19-12;2-1-3/h3-5,9,12H,2,6H2,1H3;1H. The smallest absolute Gasteiger partial charge is 0.351 e. The third-order valence-electron chi connectivity index (χ3n) is 3.14. The van der Waals surface area contributed by atoms with Gasteiger partial charge in [-0.3, -0.25) is 0 Å². The van der Waals surface area contributed by atoms with Crippen LogP contribution in [-0.2, 0) is 14.4 Å². The van der Waals surface area contributed by atoms with E-state index in [1.54, 1.807) is 16.4 Å². The van der Waals surface area contributed by atoms with Gasteiger partial charge >= 0.3 is 5.97 Å². The molecule has 0 bridgehead atoms. The molecule has 0 saturated carbocycles. The van der Waals surface area contributed by atoms with Crippen LogP contribution >= 0.6 is 34.8 Å². The largest absolute Gasteiger partial charge is 0.492 e. The quantitative estimate of drug-likeness (QED) is 0.308. The fourth-order valence-electron chi connectivity index (χ4n) is 2.25. The minimum atomic E-state index is -0.784. The Bertz CT molecular complexity index is 611. The summed E-state index contributed by atoms with van der Waals surface area (Å²) in [6.07, 6.45) is -0.784. The number of thiocarbonyl (C=S) groups is 1. The zero-order valence-electron chi connectivity index (χ0n) is 11.6.